The van der Waals surface area contributed by atoms with Gasteiger partial charge >= 0.3 is 0 Å². The minimum atomic E-state index is 0.376. The first kappa shape index (κ1) is 10.7. The molecule has 76 valence electrons. The summed E-state index contributed by atoms with van der Waals surface area (Å²) in [5.41, 5.74) is 1.40. The quantitative estimate of drug-likeness (QED) is 0.674. The zero-order valence-electron chi connectivity index (χ0n) is 8.97. The molecule has 2 unspecified atom stereocenters. The lowest BCUT2D eigenvalue weighted by atomic mass is 10.1. The van der Waals surface area contributed by atoms with Gasteiger partial charge in [0, 0.05) is 12.6 Å². The van der Waals surface area contributed by atoms with Gasteiger partial charge in [0.25, 0.3) is 0 Å². The topological polar surface area (TPSA) is 21.3 Å². The number of hydrogen-bond donors (Lipinski definition) is 1. The van der Waals surface area contributed by atoms with Gasteiger partial charge in [0.2, 0.25) is 0 Å². The van der Waals surface area contributed by atoms with E-state index in [1.54, 1.807) is 0 Å². The highest BCUT2D eigenvalue weighted by Crippen LogP contribution is 2.15. The van der Waals surface area contributed by atoms with Crippen molar-refractivity contribution in [2.75, 3.05) is 13.2 Å². The van der Waals surface area contributed by atoms with Crippen molar-refractivity contribution in [1.82, 2.24) is 5.32 Å². The van der Waals surface area contributed by atoms with E-state index in [9.17, 15) is 0 Å². The third-order valence-corrected chi connectivity index (χ3v) is 2.61. The molecule has 0 radical (unpaired) electrons. The Labute approximate surface area is 81.4 Å². The SMILES string of the molecule is CCNC(C)C(C)=CC1CCCO1. The monoisotopic (exact) mass is 183 g/mol. The second-order valence-corrected chi connectivity index (χ2v) is 3.74. The van der Waals surface area contributed by atoms with Gasteiger partial charge in [-0.3, -0.25) is 0 Å². The van der Waals surface area contributed by atoms with Crippen LogP contribution in [0.15, 0.2) is 11.6 Å². The molecule has 1 heterocycles. The third-order valence-electron chi connectivity index (χ3n) is 2.61. The Bertz CT molecular complexity index is 171. The Morgan fingerprint density at radius 1 is 1.69 bits per heavy atom. The van der Waals surface area contributed by atoms with Crippen LogP contribution in [0.5, 0.6) is 0 Å². The average Bonchev–Trinajstić information content (AvgIpc) is 2.57. The van der Waals surface area contributed by atoms with E-state index in [-0.39, 0.29) is 0 Å². The van der Waals surface area contributed by atoms with E-state index in [1.807, 2.05) is 0 Å². The van der Waals surface area contributed by atoms with E-state index >= 15 is 0 Å². The molecule has 2 heteroatoms. The van der Waals surface area contributed by atoms with E-state index in [0.717, 1.165) is 13.2 Å². The van der Waals surface area contributed by atoms with Crippen LogP contribution in [0.4, 0.5) is 0 Å². The van der Waals surface area contributed by atoms with Crippen LogP contribution in [-0.2, 0) is 4.74 Å². The van der Waals surface area contributed by atoms with Crippen LogP contribution in [0.1, 0.15) is 33.6 Å². The molecule has 1 aliphatic heterocycles. The predicted octanol–water partition coefficient (Wildman–Crippen LogP) is 2.11. The smallest absolute Gasteiger partial charge is 0.0759 e. The molecule has 2 atom stereocenters. The van der Waals surface area contributed by atoms with Gasteiger partial charge in [0.1, 0.15) is 0 Å². The van der Waals surface area contributed by atoms with Crippen molar-refractivity contribution >= 4 is 0 Å². The second-order valence-electron chi connectivity index (χ2n) is 3.74. The van der Waals surface area contributed by atoms with Crippen molar-refractivity contribution < 1.29 is 4.74 Å². The van der Waals surface area contributed by atoms with Crippen molar-refractivity contribution in [1.29, 1.82) is 0 Å². The Hall–Kier alpha value is -0.340. The van der Waals surface area contributed by atoms with E-state index < -0.39 is 0 Å². The first-order valence-electron chi connectivity index (χ1n) is 5.27. The summed E-state index contributed by atoms with van der Waals surface area (Å²) in [6, 6.07) is 0.481. The van der Waals surface area contributed by atoms with Crippen molar-refractivity contribution in [3.8, 4) is 0 Å². The predicted molar refractivity (Wildman–Crippen MR) is 55.9 cm³/mol. The van der Waals surface area contributed by atoms with E-state index in [2.05, 4.69) is 32.2 Å². The van der Waals surface area contributed by atoms with Crippen LogP contribution in [0, 0.1) is 0 Å². The summed E-state index contributed by atoms with van der Waals surface area (Å²) in [6.45, 7) is 8.47. The number of hydrogen-bond acceptors (Lipinski definition) is 2. The highest BCUT2D eigenvalue weighted by molar-refractivity contribution is 5.09. The molecule has 0 bridgehead atoms. The van der Waals surface area contributed by atoms with E-state index in [1.165, 1.54) is 18.4 Å². The van der Waals surface area contributed by atoms with Crippen molar-refractivity contribution in [2.24, 2.45) is 0 Å². The van der Waals surface area contributed by atoms with Gasteiger partial charge in [-0.15, -0.1) is 0 Å². The van der Waals surface area contributed by atoms with E-state index in [0.29, 0.717) is 12.1 Å². The lowest BCUT2D eigenvalue weighted by Crippen LogP contribution is -2.27. The molecule has 1 N–H and O–H groups in total. The first-order valence-corrected chi connectivity index (χ1v) is 5.27. The molecule has 0 aromatic heterocycles. The zero-order chi connectivity index (χ0) is 9.68. The molecule has 0 aliphatic carbocycles. The van der Waals surface area contributed by atoms with Gasteiger partial charge in [-0.25, -0.2) is 0 Å². The summed E-state index contributed by atoms with van der Waals surface area (Å²) in [4.78, 5) is 0. The fraction of sp³-hybridized carbons (Fsp3) is 0.818. The van der Waals surface area contributed by atoms with Gasteiger partial charge in [-0.2, -0.15) is 0 Å². The minimum absolute atomic E-state index is 0.376. The van der Waals surface area contributed by atoms with Gasteiger partial charge in [0.15, 0.2) is 0 Å². The molecule has 13 heavy (non-hydrogen) atoms. The highest BCUT2D eigenvalue weighted by Gasteiger charge is 2.13. The van der Waals surface area contributed by atoms with Crippen molar-refractivity contribution in [3.05, 3.63) is 11.6 Å². The summed E-state index contributed by atoms with van der Waals surface area (Å²) in [6.07, 6.45) is 5.04. The van der Waals surface area contributed by atoms with Gasteiger partial charge < -0.3 is 10.1 Å². The Kier molecular flexibility index (Phi) is 4.46. The number of likely N-dealkylation sites (N-methyl/N-ethyl adjacent to an activating group) is 1. The molecular formula is C11H21NO. The number of rotatable bonds is 4. The highest BCUT2D eigenvalue weighted by atomic mass is 16.5. The number of ether oxygens (including phenoxy) is 1. The van der Waals surface area contributed by atoms with Gasteiger partial charge in [-0.1, -0.05) is 18.6 Å². The van der Waals surface area contributed by atoms with Crippen LogP contribution in [0.25, 0.3) is 0 Å². The summed E-state index contributed by atoms with van der Waals surface area (Å²) in [5.74, 6) is 0. The standard InChI is InChI=1S/C11H21NO/c1-4-12-10(3)9(2)8-11-6-5-7-13-11/h8,10-12H,4-7H2,1-3H3. The van der Waals surface area contributed by atoms with Crippen LogP contribution >= 0.6 is 0 Å². The lowest BCUT2D eigenvalue weighted by Gasteiger charge is -2.14. The molecule has 1 aliphatic rings. The average molecular weight is 183 g/mol. The Morgan fingerprint density at radius 2 is 2.46 bits per heavy atom. The molecule has 0 aromatic carbocycles. The summed E-state index contributed by atoms with van der Waals surface area (Å²) in [5, 5.41) is 3.40. The number of nitrogens with one attached hydrogen (secondary N) is 1. The molecule has 1 fully saturated rings. The maximum absolute atomic E-state index is 5.55. The first-order chi connectivity index (χ1) is 6.24. The molecule has 0 aromatic rings. The Balaban J connectivity index is 2.39. The van der Waals surface area contributed by atoms with Crippen LogP contribution in [-0.4, -0.2) is 25.3 Å². The maximum atomic E-state index is 5.55. The molecule has 0 saturated carbocycles. The fourth-order valence-corrected chi connectivity index (χ4v) is 1.64. The Morgan fingerprint density at radius 3 is 3.00 bits per heavy atom. The summed E-state index contributed by atoms with van der Waals surface area (Å²) >= 11 is 0. The van der Waals surface area contributed by atoms with Gasteiger partial charge in [-0.05, 0) is 33.2 Å². The largest absolute Gasteiger partial charge is 0.374 e. The third kappa shape index (κ3) is 3.49. The fourth-order valence-electron chi connectivity index (χ4n) is 1.64. The summed E-state index contributed by atoms with van der Waals surface area (Å²) in [7, 11) is 0. The van der Waals surface area contributed by atoms with Crippen LogP contribution in [0.3, 0.4) is 0 Å². The van der Waals surface area contributed by atoms with Crippen molar-refractivity contribution in [2.45, 2.75) is 45.8 Å². The van der Waals surface area contributed by atoms with Crippen LogP contribution in [0.2, 0.25) is 0 Å². The van der Waals surface area contributed by atoms with Crippen molar-refractivity contribution in [3.63, 3.8) is 0 Å². The minimum Gasteiger partial charge on any atom is -0.374 e. The molecule has 1 rings (SSSR count). The lowest BCUT2D eigenvalue weighted by molar-refractivity contribution is 0.144. The zero-order valence-corrected chi connectivity index (χ0v) is 8.97. The molecular weight excluding hydrogens is 162 g/mol. The second kappa shape index (κ2) is 5.40. The van der Waals surface area contributed by atoms with Gasteiger partial charge in [0.05, 0.1) is 6.10 Å². The molecule has 1 saturated heterocycles. The molecule has 0 spiro atoms. The molecule has 2 nitrogen and oxygen atoms in total. The normalized spacial score (nSPS) is 26.4. The maximum Gasteiger partial charge on any atom is 0.0759 e. The summed E-state index contributed by atoms with van der Waals surface area (Å²) < 4.78 is 5.55. The molecule has 0 amide bonds. The van der Waals surface area contributed by atoms with Crippen LogP contribution < -0.4 is 5.32 Å². The van der Waals surface area contributed by atoms with E-state index in [4.69, 9.17) is 4.74 Å².